The van der Waals surface area contributed by atoms with E-state index in [0.29, 0.717) is 11.7 Å². The first kappa shape index (κ1) is 11.3. The lowest BCUT2D eigenvalue weighted by Crippen LogP contribution is -2.35. The highest BCUT2D eigenvalue weighted by Crippen LogP contribution is 2.28. The van der Waals surface area contributed by atoms with Crippen LogP contribution in [0, 0.1) is 5.92 Å². The van der Waals surface area contributed by atoms with E-state index >= 15 is 0 Å². The summed E-state index contributed by atoms with van der Waals surface area (Å²) < 4.78 is 5.81. The van der Waals surface area contributed by atoms with E-state index in [1.807, 2.05) is 12.1 Å². The van der Waals surface area contributed by atoms with Gasteiger partial charge in [-0.2, -0.15) is 0 Å². The van der Waals surface area contributed by atoms with E-state index in [2.05, 4.69) is 12.2 Å². The van der Waals surface area contributed by atoms with Crippen LogP contribution in [0.2, 0.25) is 0 Å². The molecule has 0 bridgehead atoms. The zero-order chi connectivity index (χ0) is 11.4. The number of hydrogen-bond donors (Lipinski definition) is 2. The SMILES string of the molecule is CC(Oc1ccccc1O)C1CCNCC1. The van der Waals surface area contributed by atoms with Crippen LogP contribution in [0.1, 0.15) is 19.8 Å². The zero-order valence-electron chi connectivity index (χ0n) is 9.65. The van der Waals surface area contributed by atoms with Gasteiger partial charge in [-0.1, -0.05) is 12.1 Å². The van der Waals surface area contributed by atoms with Gasteiger partial charge in [0, 0.05) is 0 Å². The maximum absolute atomic E-state index is 9.62. The van der Waals surface area contributed by atoms with E-state index in [1.54, 1.807) is 12.1 Å². The molecule has 1 saturated heterocycles. The molecule has 1 unspecified atom stereocenters. The quantitative estimate of drug-likeness (QED) is 0.822. The second kappa shape index (κ2) is 5.21. The number of nitrogens with one attached hydrogen (secondary N) is 1. The Morgan fingerprint density at radius 1 is 1.31 bits per heavy atom. The fourth-order valence-electron chi connectivity index (χ4n) is 2.17. The normalized spacial score (nSPS) is 19.3. The highest BCUT2D eigenvalue weighted by molar-refractivity contribution is 5.38. The van der Waals surface area contributed by atoms with E-state index in [1.165, 1.54) is 0 Å². The number of ether oxygens (including phenoxy) is 1. The number of aromatic hydroxyl groups is 1. The Balaban J connectivity index is 1.96. The summed E-state index contributed by atoms with van der Waals surface area (Å²) in [5, 5.41) is 13.0. The van der Waals surface area contributed by atoms with Crippen LogP contribution in [0.15, 0.2) is 24.3 Å². The number of phenolic OH excluding ortho intramolecular Hbond substituents is 1. The molecule has 3 heteroatoms. The molecule has 0 radical (unpaired) electrons. The van der Waals surface area contributed by atoms with Crippen molar-refractivity contribution in [1.82, 2.24) is 5.32 Å². The molecule has 1 aromatic carbocycles. The number of hydrogen-bond acceptors (Lipinski definition) is 3. The van der Waals surface area contributed by atoms with Gasteiger partial charge in [-0.15, -0.1) is 0 Å². The van der Waals surface area contributed by atoms with E-state index in [0.717, 1.165) is 25.9 Å². The average Bonchev–Trinajstić information content (AvgIpc) is 2.33. The minimum absolute atomic E-state index is 0.162. The Labute approximate surface area is 96.4 Å². The van der Waals surface area contributed by atoms with Gasteiger partial charge in [0.25, 0.3) is 0 Å². The van der Waals surface area contributed by atoms with Crippen molar-refractivity contribution in [2.75, 3.05) is 13.1 Å². The summed E-state index contributed by atoms with van der Waals surface area (Å²) >= 11 is 0. The van der Waals surface area contributed by atoms with Crippen molar-refractivity contribution in [3.63, 3.8) is 0 Å². The summed E-state index contributed by atoms with van der Waals surface area (Å²) in [5.74, 6) is 1.40. The number of piperidine rings is 1. The molecule has 3 nitrogen and oxygen atoms in total. The lowest BCUT2D eigenvalue weighted by molar-refractivity contribution is 0.124. The monoisotopic (exact) mass is 221 g/mol. The second-order valence-corrected chi connectivity index (χ2v) is 4.38. The van der Waals surface area contributed by atoms with Crippen molar-refractivity contribution in [3.8, 4) is 11.5 Å². The average molecular weight is 221 g/mol. The molecule has 1 fully saturated rings. The molecule has 1 aromatic rings. The van der Waals surface area contributed by atoms with Gasteiger partial charge in [-0.25, -0.2) is 0 Å². The van der Waals surface area contributed by atoms with Crippen molar-refractivity contribution < 1.29 is 9.84 Å². The summed E-state index contributed by atoms with van der Waals surface area (Å²) in [4.78, 5) is 0. The van der Waals surface area contributed by atoms with E-state index < -0.39 is 0 Å². The molecule has 1 heterocycles. The molecule has 0 saturated carbocycles. The van der Waals surface area contributed by atoms with Crippen molar-refractivity contribution in [1.29, 1.82) is 0 Å². The predicted molar refractivity (Wildman–Crippen MR) is 63.8 cm³/mol. The molecule has 16 heavy (non-hydrogen) atoms. The minimum Gasteiger partial charge on any atom is -0.504 e. The van der Waals surface area contributed by atoms with Gasteiger partial charge >= 0.3 is 0 Å². The molecule has 0 aliphatic carbocycles. The topological polar surface area (TPSA) is 41.5 Å². The smallest absolute Gasteiger partial charge is 0.161 e. The molecule has 2 N–H and O–H groups in total. The molecular weight excluding hydrogens is 202 g/mol. The molecule has 2 rings (SSSR count). The van der Waals surface area contributed by atoms with E-state index in [4.69, 9.17) is 4.74 Å². The largest absolute Gasteiger partial charge is 0.504 e. The Bertz CT molecular complexity index is 334. The van der Waals surface area contributed by atoms with Crippen LogP contribution >= 0.6 is 0 Å². The molecular formula is C13H19NO2. The van der Waals surface area contributed by atoms with Crippen molar-refractivity contribution >= 4 is 0 Å². The molecule has 0 aromatic heterocycles. The Kier molecular flexibility index (Phi) is 3.67. The number of phenols is 1. The van der Waals surface area contributed by atoms with Crippen LogP contribution in [-0.2, 0) is 0 Å². The lowest BCUT2D eigenvalue weighted by atomic mass is 9.93. The van der Waals surface area contributed by atoms with Gasteiger partial charge < -0.3 is 15.2 Å². The maximum Gasteiger partial charge on any atom is 0.161 e. The zero-order valence-corrected chi connectivity index (χ0v) is 9.65. The van der Waals surface area contributed by atoms with Crippen LogP contribution in [0.3, 0.4) is 0 Å². The number of benzene rings is 1. The van der Waals surface area contributed by atoms with Gasteiger partial charge in [0.1, 0.15) is 0 Å². The van der Waals surface area contributed by atoms with Gasteiger partial charge in [0.2, 0.25) is 0 Å². The van der Waals surface area contributed by atoms with Crippen molar-refractivity contribution in [2.45, 2.75) is 25.9 Å². The fraction of sp³-hybridized carbons (Fsp3) is 0.538. The molecule has 0 amide bonds. The molecule has 1 aliphatic heterocycles. The molecule has 1 aliphatic rings. The number of para-hydroxylation sites is 2. The third-order valence-corrected chi connectivity index (χ3v) is 3.23. The standard InChI is InChI=1S/C13H19NO2/c1-10(11-6-8-14-9-7-11)16-13-5-3-2-4-12(13)15/h2-5,10-11,14-15H,6-9H2,1H3. The van der Waals surface area contributed by atoms with E-state index in [-0.39, 0.29) is 11.9 Å². The Morgan fingerprint density at radius 2 is 2.00 bits per heavy atom. The summed E-state index contributed by atoms with van der Waals surface area (Å²) in [6.45, 7) is 4.22. The van der Waals surface area contributed by atoms with Crippen LogP contribution in [-0.4, -0.2) is 24.3 Å². The Hall–Kier alpha value is -1.22. The molecule has 88 valence electrons. The first-order chi connectivity index (χ1) is 7.77. The lowest BCUT2D eigenvalue weighted by Gasteiger charge is -2.28. The summed E-state index contributed by atoms with van der Waals surface area (Å²) in [6, 6.07) is 7.15. The fourth-order valence-corrected chi connectivity index (χ4v) is 2.17. The van der Waals surface area contributed by atoms with Gasteiger partial charge in [0.15, 0.2) is 11.5 Å². The first-order valence-corrected chi connectivity index (χ1v) is 5.93. The summed E-state index contributed by atoms with van der Waals surface area (Å²) in [6.07, 6.45) is 2.46. The van der Waals surface area contributed by atoms with Crippen molar-refractivity contribution in [3.05, 3.63) is 24.3 Å². The van der Waals surface area contributed by atoms with Gasteiger partial charge in [-0.3, -0.25) is 0 Å². The highest BCUT2D eigenvalue weighted by Gasteiger charge is 2.21. The number of rotatable bonds is 3. The third-order valence-electron chi connectivity index (χ3n) is 3.23. The van der Waals surface area contributed by atoms with Crippen LogP contribution in [0.5, 0.6) is 11.5 Å². The Morgan fingerprint density at radius 3 is 2.69 bits per heavy atom. The molecule has 0 spiro atoms. The highest BCUT2D eigenvalue weighted by atomic mass is 16.5. The van der Waals surface area contributed by atoms with Crippen LogP contribution in [0.25, 0.3) is 0 Å². The molecule has 1 atom stereocenters. The van der Waals surface area contributed by atoms with Gasteiger partial charge in [0.05, 0.1) is 6.10 Å². The van der Waals surface area contributed by atoms with E-state index in [9.17, 15) is 5.11 Å². The van der Waals surface area contributed by atoms with Gasteiger partial charge in [-0.05, 0) is 50.9 Å². The minimum atomic E-state index is 0.162. The van der Waals surface area contributed by atoms with Crippen molar-refractivity contribution in [2.24, 2.45) is 5.92 Å². The summed E-state index contributed by atoms with van der Waals surface area (Å²) in [5.41, 5.74) is 0. The predicted octanol–water partition coefficient (Wildman–Crippen LogP) is 2.16. The van der Waals surface area contributed by atoms with Crippen LogP contribution < -0.4 is 10.1 Å². The second-order valence-electron chi connectivity index (χ2n) is 4.38. The maximum atomic E-state index is 9.62. The third kappa shape index (κ3) is 2.67. The first-order valence-electron chi connectivity index (χ1n) is 5.93. The summed E-state index contributed by atoms with van der Waals surface area (Å²) in [7, 11) is 0. The van der Waals surface area contributed by atoms with Crippen LogP contribution in [0.4, 0.5) is 0 Å².